The van der Waals surface area contributed by atoms with Crippen molar-refractivity contribution in [1.29, 1.82) is 0 Å². The van der Waals surface area contributed by atoms with Gasteiger partial charge in [0.1, 0.15) is 81.8 Å². The highest BCUT2D eigenvalue weighted by molar-refractivity contribution is 7.71. The van der Waals surface area contributed by atoms with Crippen LogP contribution in [0.5, 0.6) is 11.5 Å². The maximum atomic E-state index is 13.0. The first-order valence-corrected chi connectivity index (χ1v) is 35.8. The van der Waals surface area contributed by atoms with Gasteiger partial charge in [0.15, 0.2) is 39.1 Å². The van der Waals surface area contributed by atoms with Crippen molar-refractivity contribution in [3.63, 3.8) is 0 Å². The minimum Gasteiger partial charge on any atom is -0.507 e. The molecule has 14 rings (SSSR count). The number of carboxylic acids is 3. The molecule has 47 nitrogen and oxygen atoms in total. The number of benzene rings is 2. The number of H-pyrrole nitrogens is 7. The number of aromatic amines is 7. The topological polar surface area (TPSA) is 745 Å². The Morgan fingerprint density at radius 1 is 0.775 bits per heavy atom. The zero-order chi connectivity index (χ0) is 88.1. The van der Waals surface area contributed by atoms with Gasteiger partial charge in [-0.3, -0.25) is 43.1 Å². The summed E-state index contributed by atoms with van der Waals surface area (Å²) in [6.45, 7) is 3.31. The Bertz CT molecular complexity index is 6020. The van der Waals surface area contributed by atoms with Gasteiger partial charge in [-0.25, -0.2) is 48.9 Å². The van der Waals surface area contributed by atoms with E-state index in [4.69, 9.17) is 86.7 Å². The van der Waals surface area contributed by atoms with Gasteiger partial charge in [-0.1, -0.05) is 36.1 Å². The monoisotopic (exact) mass is 1710 g/mol. The van der Waals surface area contributed by atoms with E-state index in [0.717, 1.165) is 43.3 Å². The molecule has 3 aliphatic heterocycles. The quantitative estimate of drug-likeness (QED) is 0.0277. The van der Waals surface area contributed by atoms with Crippen LogP contribution in [0.15, 0.2) is 110 Å². The first-order valence-electron chi connectivity index (χ1n) is 34.9. The second-order valence-corrected chi connectivity index (χ2v) is 26.4. The smallest absolute Gasteiger partial charge is 0.351 e. The lowest BCUT2D eigenvalue weighted by Crippen LogP contribution is -2.41. The second-order valence-electron chi connectivity index (χ2n) is 25.6. The number of aliphatic carboxylic acids is 3. The SMILES string of the molecule is CN(Cc1cnc2nc(N)nc(N)c2n1)c1ccc(C(=O)N[C@@H](CCC(=O)O)C(=O)O)cc1.COc1c(C)c2c(c(O)c1C/C=C(\C)CCC(=O)O)C(=O)OC2.Nc1ccn([C@@H]2O[C@H](CO)[C@@H](O)[C@@H]2O)c(=O)n1.Nc1nc2nc[nH]c2c(=S)[nH]1.O=c1[nH]c(=O)n([C@H]2C[C@H](O)[C@@H](CO)O2)cc1F.O=c1[nH]cc(F)c(=O)[nH]1.S=c1nc[nH]c2nc[nH]c12. The average molecular weight is 1710 g/mol. The molecular weight excluding hydrogens is 1640 g/mol. The lowest BCUT2D eigenvalue weighted by atomic mass is 9.94. The predicted molar refractivity (Wildman–Crippen MR) is 420 cm³/mol. The van der Waals surface area contributed by atoms with E-state index in [9.17, 15) is 82.3 Å². The number of cyclic esters (lactones) is 1. The average Bonchev–Trinajstić information content (AvgIpc) is 1.55. The van der Waals surface area contributed by atoms with Crippen molar-refractivity contribution < 1.29 is 97.7 Å². The van der Waals surface area contributed by atoms with E-state index in [1.807, 2.05) is 36.9 Å². The van der Waals surface area contributed by atoms with E-state index in [1.54, 1.807) is 34.6 Å². The van der Waals surface area contributed by atoms with Crippen molar-refractivity contribution in [3.05, 3.63) is 192 Å². The fraction of sp³-hybridized carbons (Fsp3) is 0.319. The molecule has 51 heteroatoms. The maximum Gasteiger partial charge on any atom is 0.351 e. The highest BCUT2D eigenvalue weighted by Crippen LogP contribution is 2.42. The van der Waals surface area contributed by atoms with Gasteiger partial charge in [0.05, 0.1) is 70.0 Å². The van der Waals surface area contributed by atoms with Crippen LogP contribution in [0, 0.1) is 27.8 Å². The number of aliphatic hydroxyl groups excluding tert-OH is 5. The van der Waals surface area contributed by atoms with Crippen molar-refractivity contribution in [3.8, 4) is 11.5 Å². The number of phenolic OH excluding ortho intramolecular Hbond substituents is 1. The summed E-state index contributed by atoms with van der Waals surface area (Å²) in [6.07, 6.45) is 3.83. The number of hydrogen-bond donors (Lipinski definition) is 21. The second kappa shape index (κ2) is 41.7. The fourth-order valence-corrected chi connectivity index (χ4v) is 11.7. The van der Waals surface area contributed by atoms with Crippen LogP contribution in [-0.4, -0.2) is 229 Å². The molecular formula is C69H78F2N24O23S2. The molecule has 9 aromatic heterocycles. The molecule has 25 N–H and O–H groups in total. The van der Waals surface area contributed by atoms with Crippen molar-refractivity contribution >= 4 is 117 Å². The zero-order valence-corrected chi connectivity index (χ0v) is 64.8. The number of amides is 1. The van der Waals surface area contributed by atoms with Gasteiger partial charge in [0.25, 0.3) is 17.0 Å². The molecule has 2 fully saturated rings. The van der Waals surface area contributed by atoms with Gasteiger partial charge in [-0.2, -0.15) is 28.7 Å². The first-order chi connectivity index (χ1) is 56.9. The number of nitrogen functional groups attached to an aromatic ring is 4. The molecule has 3 aliphatic rings. The Hall–Kier alpha value is -14.1. The summed E-state index contributed by atoms with van der Waals surface area (Å²) in [7, 11) is 3.33. The van der Waals surface area contributed by atoms with Crippen molar-refractivity contribution in [2.24, 2.45) is 0 Å². The number of ether oxygens (including phenoxy) is 4. The van der Waals surface area contributed by atoms with Crippen LogP contribution in [0.4, 0.5) is 38.0 Å². The third kappa shape index (κ3) is 23.8. The number of rotatable bonds is 19. The molecule has 0 radical (unpaired) electrons. The summed E-state index contributed by atoms with van der Waals surface area (Å²) < 4.78 is 48.7. The molecule has 0 saturated carbocycles. The number of nitrogens with zero attached hydrogens (tertiary/aromatic N) is 12. The largest absolute Gasteiger partial charge is 0.507 e. The molecule has 0 bridgehead atoms. The number of hydrogen-bond acceptors (Lipinski definition) is 36. The Kier molecular flexibility index (Phi) is 31.7. The van der Waals surface area contributed by atoms with E-state index in [2.05, 4.69) is 70.1 Å². The molecule has 11 aromatic rings. The number of nitrogens with one attached hydrogen (secondary N) is 8. The minimum atomic E-state index is -1.31. The minimum absolute atomic E-state index is 0.0138. The Balaban J connectivity index is 0.000000182. The van der Waals surface area contributed by atoms with Gasteiger partial charge in [-0.05, 0) is 69.0 Å². The normalized spacial score (nSPS) is 17.1. The number of anilines is 5. The number of aromatic nitrogens is 18. The first kappa shape index (κ1) is 91.4. The van der Waals surface area contributed by atoms with E-state index in [0.29, 0.717) is 79.8 Å². The van der Waals surface area contributed by atoms with Gasteiger partial charge >= 0.3 is 40.9 Å². The van der Waals surface area contributed by atoms with Crippen LogP contribution in [0.2, 0.25) is 0 Å². The number of imidazole rings is 2. The predicted octanol–water partition coefficient (Wildman–Crippen LogP) is -0.430. The molecule has 120 heavy (non-hydrogen) atoms. The van der Waals surface area contributed by atoms with E-state index in [1.165, 1.54) is 44.2 Å². The molecule has 2 saturated heterocycles. The molecule has 0 spiro atoms. The maximum absolute atomic E-state index is 13.0. The van der Waals surface area contributed by atoms with Gasteiger partial charge in [0, 0.05) is 61.1 Å². The third-order valence-corrected chi connectivity index (χ3v) is 18.0. The number of esters is 1. The van der Waals surface area contributed by atoms with Crippen molar-refractivity contribution in [2.45, 2.75) is 115 Å². The van der Waals surface area contributed by atoms with Crippen molar-refractivity contribution in [2.75, 3.05) is 55.2 Å². The van der Waals surface area contributed by atoms with Gasteiger partial charge < -0.3 is 123 Å². The zero-order valence-electron chi connectivity index (χ0n) is 63.2. The summed E-state index contributed by atoms with van der Waals surface area (Å²) in [5.74, 6) is -5.65. The number of carboxylic acid groups (broad SMARTS) is 3. The summed E-state index contributed by atoms with van der Waals surface area (Å²) in [6, 6.07) is 6.53. The molecule has 2 aromatic carbocycles. The lowest BCUT2D eigenvalue weighted by molar-refractivity contribution is -0.141. The number of aliphatic hydroxyl groups is 5. The highest BCUT2D eigenvalue weighted by atomic mass is 32.1. The third-order valence-electron chi connectivity index (χ3n) is 17.3. The number of carbonyl (C=O) groups is 5. The van der Waals surface area contributed by atoms with Crippen LogP contribution < -0.4 is 66.1 Å². The van der Waals surface area contributed by atoms with E-state index < -0.39 is 132 Å². The number of carbonyl (C=O) groups excluding carboxylic acids is 2. The van der Waals surface area contributed by atoms with Crippen LogP contribution in [0.3, 0.4) is 0 Å². The highest BCUT2D eigenvalue weighted by Gasteiger charge is 2.44. The number of allylic oxidation sites excluding steroid dienone is 2. The van der Waals surface area contributed by atoms with Gasteiger partial charge in [-0.15, -0.1) is 0 Å². The fourth-order valence-electron chi connectivity index (χ4n) is 11.2. The summed E-state index contributed by atoms with van der Waals surface area (Å²) >= 11 is 9.85. The number of phenols is 1. The number of nitrogens with two attached hydrogens (primary N) is 4. The molecule has 638 valence electrons. The number of aromatic hydroxyl groups is 1. The van der Waals surface area contributed by atoms with Crippen molar-refractivity contribution in [1.82, 2.24) is 94.2 Å². The molecule has 8 atom stereocenters. The summed E-state index contributed by atoms with van der Waals surface area (Å²) in [5.41, 5.74) is 25.9. The number of methoxy groups -OCH3 is 1. The van der Waals surface area contributed by atoms with E-state index >= 15 is 0 Å². The van der Waals surface area contributed by atoms with Crippen LogP contribution in [0.25, 0.3) is 33.5 Å². The Labute approximate surface area is 679 Å². The molecule has 0 unspecified atom stereocenters. The summed E-state index contributed by atoms with van der Waals surface area (Å²) in [5, 5.41) is 85.9. The standard InChI is InChI=1S/C20H22N8O5.C17H20O6.C9H11FN2O5.C9H13N3O5.C5H5N5S.C5H4N4S.C4H3FN2O2/c1-28(9-11-8-23-17-15(24-11)16(21)26-20(22)27-17)12-4-2-10(3-5-12)18(31)25-13(19(32)33)6-7-14(29)30;1-9(5-7-13(18)19)4-6-11-15(20)14-12(8-23-17(14)21)10(2)16(11)22-3;10-4-2-12(9(16)11-8(4)15)7-1-5(14)6(3-13)17-7;10-5-1-2-12(9(16)11-5)8-7(15)6(14)4(3-13)17-8;6-5-9-3-2(4(11)10-5)7-1-8-3;10-5-3-4(7-1-6-3)8-2-9-5;5-2-1-6-4(9)7-3(2)8/h2-5,8,13H,6-7,9H2,1H3,(H,25,31)(H,29,30)(H,32,33)(H4,21,22,23,26,27);4,20H,5-8H2,1-3H3,(H,18,19);2,5-7,13-14H,1,3H2,(H,11,15,16);1-2,4,6-8,13-15H,3H2,(H2,10,11,16);1H,(H4,6,7,8,9,10,11);1-2H,(H2,6,7,8,9,10);1H,(H2,6,7,8,9)/b;9-4+;;;;;/t13-;;5-,6+,7+;4-,6-,7+,8-;;;/m0.01.../s1. The Morgan fingerprint density at radius 3 is 2.08 bits per heavy atom. The van der Waals surface area contributed by atoms with Crippen LogP contribution in [0.1, 0.15) is 94.6 Å². The van der Waals surface area contributed by atoms with E-state index in [-0.39, 0.29) is 72.7 Å². The number of fused-ring (bicyclic) bond motifs is 4. The Morgan fingerprint density at radius 2 is 1.45 bits per heavy atom. The van der Waals surface area contributed by atoms with Crippen LogP contribution in [-0.2, 0) is 48.2 Å². The number of halogens is 2. The van der Waals surface area contributed by atoms with Gasteiger partial charge in [0.2, 0.25) is 23.5 Å². The molecule has 1 amide bonds. The summed E-state index contributed by atoms with van der Waals surface area (Å²) in [4.78, 5) is 165. The molecule has 0 aliphatic carbocycles. The molecule has 12 heterocycles. The lowest BCUT2D eigenvalue weighted by Gasteiger charge is -2.19. The van der Waals surface area contributed by atoms with Crippen LogP contribution >= 0.6 is 24.4 Å².